The summed E-state index contributed by atoms with van der Waals surface area (Å²) < 4.78 is 15.4. The van der Waals surface area contributed by atoms with Crippen LogP contribution in [-0.2, 0) is 7.05 Å². The number of nitriles is 1. The van der Waals surface area contributed by atoms with Gasteiger partial charge in [-0.2, -0.15) is 5.26 Å². The van der Waals surface area contributed by atoms with Crippen molar-refractivity contribution in [2.24, 2.45) is 7.05 Å². The van der Waals surface area contributed by atoms with E-state index in [1.165, 1.54) is 12.1 Å². The molecule has 122 valence electrons. The summed E-state index contributed by atoms with van der Waals surface area (Å²) in [7, 11) is 1.78. The highest BCUT2D eigenvalue weighted by Gasteiger charge is 2.27. The number of carbonyl (C=O) groups excluding carboxylic acids is 1. The van der Waals surface area contributed by atoms with Crippen molar-refractivity contribution < 1.29 is 9.18 Å². The summed E-state index contributed by atoms with van der Waals surface area (Å²) in [6.07, 6.45) is 1.62. The second-order valence-electron chi connectivity index (χ2n) is 5.88. The molecular weight excluding hydrogens is 319 g/mol. The molecular formula is C19H13FN4O. The summed E-state index contributed by atoms with van der Waals surface area (Å²) in [6, 6.07) is 13.6. The van der Waals surface area contributed by atoms with Gasteiger partial charge in [-0.25, -0.2) is 9.37 Å². The lowest BCUT2D eigenvalue weighted by Gasteiger charge is -2.04. The SMILES string of the molecule is Cn1cc(C(=O)[C@H](C#N)c2nc3ccccc3[nH]2)c2cc(F)ccc21. The topological polar surface area (TPSA) is 74.5 Å². The molecule has 1 atom stereocenters. The van der Waals surface area contributed by atoms with Crippen LogP contribution in [0.1, 0.15) is 22.1 Å². The Labute approximate surface area is 142 Å². The molecule has 0 fully saturated rings. The van der Waals surface area contributed by atoms with Crippen LogP contribution in [0.4, 0.5) is 4.39 Å². The number of imidazole rings is 1. The minimum Gasteiger partial charge on any atom is -0.350 e. The van der Waals surface area contributed by atoms with E-state index in [1.807, 2.05) is 30.3 Å². The summed E-state index contributed by atoms with van der Waals surface area (Å²) in [5.74, 6) is -1.62. The maximum atomic E-state index is 13.6. The molecule has 6 heteroatoms. The van der Waals surface area contributed by atoms with E-state index in [0.717, 1.165) is 11.0 Å². The number of nitrogens with one attached hydrogen (secondary N) is 1. The van der Waals surface area contributed by atoms with Crippen molar-refractivity contribution in [1.82, 2.24) is 14.5 Å². The van der Waals surface area contributed by atoms with Crippen LogP contribution in [0.5, 0.6) is 0 Å². The lowest BCUT2D eigenvalue weighted by atomic mass is 9.98. The molecule has 2 aromatic carbocycles. The predicted octanol–water partition coefficient (Wildman–Crippen LogP) is 3.68. The van der Waals surface area contributed by atoms with E-state index in [2.05, 4.69) is 9.97 Å². The molecule has 0 saturated heterocycles. The lowest BCUT2D eigenvalue weighted by Crippen LogP contribution is -2.12. The Bertz CT molecular complexity index is 1130. The van der Waals surface area contributed by atoms with Crippen LogP contribution >= 0.6 is 0 Å². The van der Waals surface area contributed by atoms with Crippen molar-refractivity contribution in [3.05, 3.63) is 65.9 Å². The van der Waals surface area contributed by atoms with E-state index >= 15 is 0 Å². The van der Waals surface area contributed by atoms with Crippen molar-refractivity contribution >= 4 is 27.7 Å². The average molecular weight is 332 g/mol. The molecule has 4 rings (SSSR count). The van der Waals surface area contributed by atoms with Crippen LogP contribution in [0.25, 0.3) is 21.9 Å². The second-order valence-corrected chi connectivity index (χ2v) is 5.88. The molecule has 0 amide bonds. The number of carbonyl (C=O) groups is 1. The first-order valence-corrected chi connectivity index (χ1v) is 7.71. The second kappa shape index (κ2) is 5.56. The van der Waals surface area contributed by atoms with Gasteiger partial charge >= 0.3 is 0 Å². The molecule has 25 heavy (non-hydrogen) atoms. The maximum absolute atomic E-state index is 13.6. The van der Waals surface area contributed by atoms with Crippen molar-refractivity contribution in [3.63, 3.8) is 0 Å². The number of aromatic amines is 1. The lowest BCUT2D eigenvalue weighted by molar-refractivity contribution is 0.0978. The minimum absolute atomic E-state index is 0.294. The van der Waals surface area contributed by atoms with Crippen molar-refractivity contribution in [2.75, 3.05) is 0 Å². The molecule has 2 heterocycles. The highest BCUT2D eigenvalue weighted by atomic mass is 19.1. The Balaban J connectivity index is 1.84. The van der Waals surface area contributed by atoms with Gasteiger partial charge in [0, 0.05) is 29.7 Å². The van der Waals surface area contributed by atoms with E-state index in [-0.39, 0.29) is 0 Å². The average Bonchev–Trinajstić information content (AvgIpc) is 3.16. The first-order chi connectivity index (χ1) is 12.1. The van der Waals surface area contributed by atoms with Crippen LogP contribution in [0.3, 0.4) is 0 Å². The van der Waals surface area contributed by atoms with Gasteiger partial charge in [-0.05, 0) is 30.3 Å². The summed E-state index contributed by atoms with van der Waals surface area (Å²) in [5.41, 5.74) is 2.49. The molecule has 2 aromatic heterocycles. The molecule has 0 aliphatic carbocycles. The molecule has 0 radical (unpaired) electrons. The number of hydrogen-bond donors (Lipinski definition) is 1. The summed E-state index contributed by atoms with van der Waals surface area (Å²) in [5, 5.41) is 10.0. The van der Waals surface area contributed by atoms with Crippen LogP contribution in [-0.4, -0.2) is 20.3 Å². The number of ketones is 1. The van der Waals surface area contributed by atoms with Crippen LogP contribution in [0, 0.1) is 17.1 Å². The first kappa shape index (κ1) is 15.1. The van der Waals surface area contributed by atoms with Crippen molar-refractivity contribution in [2.45, 2.75) is 5.92 Å². The van der Waals surface area contributed by atoms with Gasteiger partial charge in [-0.3, -0.25) is 4.79 Å². The molecule has 0 aliphatic rings. The number of fused-ring (bicyclic) bond motifs is 2. The number of aryl methyl sites for hydroxylation is 1. The maximum Gasteiger partial charge on any atom is 0.189 e. The zero-order valence-electron chi connectivity index (χ0n) is 13.3. The first-order valence-electron chi connectivity index (χ1n) is 7.71. The molecule has 0 saturated carbocycles. The van der Waals surface area contributed by atoms with Gasteiger partial charge in [-0.1, -0.05) is 12.1 Å². The third-order valence-electron chi connectivity index (χ3n) is 4.29. The quantitative estimate of drug-likeness (QED) is 0.582. The van der Waals surface area contributed by atoms with Gasteiger partial charge in [-0.15, -0.1) is 0 Å². The highest BCUT2D eigenvalue weighted by Crippen LogP contribution is 2.27. The fourth-order valence-corrected chi connectivity index (χ4v) is 3.07. The number of benzene rings is 2. The largest absolute Gasteiger partial charge is 0.350 e. The summed E-state index contributed by atoms with van der Waals surface area (Å²) >= 11 is 0. The molecule has 4 aromatic rings. The van der Waals surface area contributed by atoms with Crippen molar-refractivity contribution in [3.8, 4) is 6.07 Å². The van der Waals surface area contributed by atoms with Gasteiger partial charge in [0.15, 0.2) is 11.7 Å². The van der Waals surface area contributed by atoms with Gasteiger partial charge in [0.1, 0.15) is 11.6 Å². The Morgan fingerprint density at radius 2 is 2.12 bits per heavy atom. The number of halogens is 1. The Morgan fingerprint density at radius 1 is 1.32 bits per heavy atom. The Morgan fingerprint density at radius 3 is 2.88 bits per heavy atom. The zero-order valence-corrected chi connectivity index (χ0v) is 13.3. The number of Topliss-reactive ketones (excluding diaryl/α,β-unsaturated/α-hetero) is 1. The number of aromatic nitrogens is 3. The van der Waals surface area contributed by atoms with Crippen LogP contribution in [0.2, 0.25) is 0 Å². The predicted molar refractivity (Wildman–Crippen MR) is 91.7 cm³/mol. The summed E-state index contributed by atoms with van der Waals surface area (Å²) in [4.78, 5) is 20.4. The van der Waals surface area contributed by atoms with Gasteiger partial charge in [0.05, 0.1) is 17.1 Å². The minimum atomic E-state index is -1.08. The Hall–Kier alpha value is -3.46. The van der Waals surface area contributed by atoms with E-state index < -0.39 is 17.5 Å². The fraction of sp³-hybridized carbons (Fsp3) is 0.105. The molecule has 0 spiro atoms. The highest BCUT2D eigenvalue weighted by molar-refractivity contribution is 6.11. The number of para-hydroxylation sites is 2. The molecule has 0 unspecified atom stereocenters. The number of nitrogens with zero attached hydrogens (tertiary/aromatic N) is 3. The molecule has 1 N–H and O–H groups in total. The summed E-state index contributed by atoms with van der Waals surface area (Å²) in [6.45, 7) is 0. The van der Waals surface area contributed by atoms with Gasteiger partial charge in [0.25, 0.3) is 0 Å². The number of hydrogen-bond acceptors (Lipinski definition) is 3. The van der Waals surface area contributed by atoms with E-state index in [9.17, 15) is 14.4 Å². The molecule has 0 bridgehead atoms. The van der Waals surface area contributed by atoms with Crippen LogP contribution in [0.15, 0.2) is 48.7 Å². The monoisotopic (exact) mass is 332 g/mol. The number of H-pyrrole nitrogens is 1. The third-order valence-corrected chi connectivity index (χ3v) is 4.29. The standard InChI is InChI=1S/C19H13FN4O/c1-24-10-14(12-8-11(20)6-7-17(12)24)18(25)13(9-21)19-22-15-4-2-3-5-16(15)23-19/h2-8,10,13H,1H3,(H,22,23)/t13-/m0/s1. The van der Waals surface area contributed by atoms with Crippen molar-refractivity contribution in [1.29, 1.82) is 5.26 Å². The van der Waals surface area contributed by atoms with Crippen LogP contribution < -0.4 is 0 Å². The smallest absolute Gasteiger partial charge is 0.189 e. The van der Waals surface area contributed by atoms with E-state index in [4.69, 9.17) is 0 Å². The fourth-order valence-electron chi connectivity index (χ4n) is 3.07. The number of rotatable bonds is 3. The Kier molecular flexibility index (Phi) is 3.36. The molecule has 0 aliphatic heterocycles. The van der Waals surface area contributed by atoms with Gasteiger partial charge < -0.3 is 9.55 Å². The zero-order chi connectivity index (χ0) is 17.6. The van der Waals surface area contributed by atoms with E-state index in [1.54, 1.807) is 23.9 Å². The van der Waals surface area contributed by atoms with Gasteiger partial charge in [0.2, 0.25) is 0 Å². The van der Waals surface area contributed by atoms with E-state index in [0.29, 0.717) is 22.3 Å². The normalized spacial score (nSPS) is 12.4. The third kappa shape index (κ3) is 2.37. The molecule has 5 nitrogen and oxygen atoms in total.